The number of nitrogens with one attached hydrogen (secondary N) is 2. The maximum atomic E-state index is 11.9. The van der Waals surface area contributed by atoms with Crippen LogP contribution in [0.4, 0.5) is 0 Å². The van der Waals surface area contributed by atoms with Crippen LogP contribution in [0.15, 0.2) is 128 Å². The minimum atomic E-state index is -1.06. The fraction of sp³-hybridized carbons (Fsp3) is 0. The molecule has 0 spiro atoms. The zero-order valence-electron chi connectivity index (χ0n) is 32.3. The zero-order valence-corrected chi connectivity index (χ0v) is 32.3. The number of nitrogens with zero attached hydrogens (tertiary/aromatic N) is 3. The maximum absolute atomic E-state index is 11.9. The molecule has 0 saturated carbocycles. The first-order valence-electron chi connectivity index (χ1n) is 19.4. The van der Waals surface area contributed by atoms with Gasteiger partial charge in [0.1, 0.15) is 11.3 Å². The quantitative estimate of drug-likeness (QED) is 0.0898. The van der Waals surface area contributed by atoms with E-state index in [1.54, 1.807) is 79.0 Å². The van der Waals surface area contributed by atoms with Crippen LogP contribution >= 0.6 is 0 Å². The van der Waals surface area contributed by atoms with Crippen LogP contribution in [0.5, 0.6) is 5.75 Å². The number of phenols is 1. The fourth-order valence-corrected chi connectivity index (χ4v) is 8.11. The molecule has 298 valence electrons. The van der Waals surface area contributed by atoms with E-state index in [1.165, 1.54) is 12.1 Å². The van der Waals surface area contributed by atoms with Crippen molar-refractivity contribution in [2.75, 3.05) is 0 Å². The molecule has 6 N–H and O–H groups in total. The number of fused-ring (bicyclic) bond motifs is 9. The van der Waals surface area contributed by atoms with Gasteiger partial charge in [0.25, 0.3) is 0 Å². The summed E-state index contributed by atoms with van der Waals surface area (Å²) in [4.78, 5) is 57.9. The molecular formula is C50H31N5O7. The summed E-state index contributed by atoms with van der Waals surface area (Å²) >= 11 is 0. The van der Waals surface area contributed by atoms with E-state index in [4.69, 9.17) is 9.97 Å². The Hall–Kier alpha value is -8.90. The van der Waals surface area contributed by atoms with Crippen LogP contribution in [0, 0.1) is 0 Å². The van der Waals surface area contributed by atoms with Gasteiger partial charge in [0.15, 0.2) is 0 Å². The van der Waals surface area contributed by atoms with Gasteiger partial charge in [-0.15, -0.1) is 0 Å². The topological polar surface area (TPSA) is 202 Å². The molecule has 0 radical (unpaired) electrons. The van der Waals surface area contributed by atoms with Gasteiger partial charge in [-0.3, -0.25) is 4.98 Å². The third-order valence-corrected chi connectivity index (χ3v) is 11.0. The summed E-state index contributed by atoms with van der Waals surface area (Å²) in [6.45, 7) is 0. The summed E-state index contributed by atoms with van der Waals surface area (Å²) in [6.07, 6.45) is 9.21. The van der Waals surface area contributed by atoms with Gasteiger partial charge in [0.05, 0.1) is 39.5 Å². The first kappa shape index (κ1) is 37.4. The fourth-order valence-electron chi connectivity index (χ4n) is 8.11. The third-order valence-electron chi connectivity index (χ3n) is 11.0. The predicted octanol–water partition coefficient (Wildman–Crippen LogP) is 10.7. The Balaban J connectivity index is 1.37. The van der Waals surface area contributed by atoms with Crippen molar-refractivity contribution in [3.63, 3.8) is 0 Å². The number of carbonyl (C=O) groups is 3. The predicted molar refractivity (Wildman–Crippen MR) is 238 cm³/mol. The average molecular weight is 814 g/mol. The van der Waals surface area contributed by atoms with Gasteiger partial charge in [-0.1, -0.05) is 42.5 Å². The molecule has 6 heterocycles. The van der Waals surface area contributed by atoms with Crippen molar-refractivity contribution in [2.24, 2.45) is 0 Å². The monoisotopic (exact) mass is 813 g/mol. The largest absolute Gasteiger partial charge is 0.506 e. The summed E-state index contributed by atoms with van der Waals surface area (Å²) in [5.41, 5.74) is 11.4. The number of carboxylic acid groups (broad SMARTS) is 3. The first-order chi connectivity index (χ1) is 30.1. The lowest BCUT2D eigenvalue weighted by molar-refractivity contribution is 0.0686. The van der Waals surface area contributed by atoms with Crippen molar-refractivity contribution in [2.45, 2.75) is 0 Å². The number of benzene rings is 4. The molecule has 4 aromatic carbocycles. The Morgan fingerprint density at radius 2 is 0.806 bits per heavy atom. The summed E-state index contributed by atoms with van der Waals surface area (Å²) < 4.78 is 0. The first-order valence-corrected chi connectivity index (χ1v) is 19.4. The Bertz CT molecular complexity index is 3380. The highest BCUT2D eigenvalue weighted by atomic mass is 16.4. The molecule has 2 aliphatic heterocycles. The van der Waals surface area contributed by atoms with Crippen LogP contribution in [0.3, 0.4) is 0 Å². The van der Waals surface area contributed by atoms with E-state index < -0.39 is 17.9 Å². The minimum absolute atomic E-state index is 0.0250. The highest BCUT2D eigenvalue weighted by Crippen LogP contribution is 2.41. The van der Waals surface area contributed by atoms with E-state index >= 15 is 0 Å². The van der Waals surface area contributed by atoms with Crippen molar-refractivity contribution in [1.29, 1.82) is 0 Å². The number of aromatic carboxylic acids is 3. The van der Waals surface area contributed by atoms with E-state index in [2.05, 4.69) is 15.0 Å². The van der Waals surface area contributed by atoms with Crippen molar-refractivity contribution in [3.05, 3.63) is 167 Å². The molecule has 8 aromatic rings. The molecule has 4 aromatic heterocycles. The van der Waals surface area contributed by atoms with Crippen molar-refractivity contribution in [3.8, 4) is 50.3 Å². The van der Waals surface area contributed by atoms with E-state index in [0.717, 1.165) is 5.56 Å². The standard InChI is InChI=1S/C50H31N5O7/c56-42-24-15-32(33-2-1-25-51-47(33)42)46-40-22-20-38(54-40)44(27-5-11-30(12-6-27)49(59)60)36-18-16-34(52-36)43(26-3-9-29(10-4-26)48(57)58)35-17-19-37(53-35)45(39-21-23-41(46)55-39)28-7-13-31(14-8-28)50(61)62/h1-25,52,55-56H,(H,57,58)(H,59,60)(H,61,62). The lowest BCUT2D eigenvalue weighted by atomic mass is 9.98. The Morgan fingerprint density at radius 3 is 1.19 bits per heavy atom. The minimum Gasteiger partial charge on any atom is -0.506 e. The molecular weight excluding hydrogens is 783 g/mol. The normalized spacial score (nSPS) is 11.9. The molecule has 0 fully saturated rings. The van der Waals surface area contributed by atoms with Gasteiger partial charge in [-0.2, -0.15) is 0 Å². The average Bonchev–Trinajstić information content (AvgIpc) is 4.13. The molecule has 62 heavy (non-hydrogen) atoms. The van der Waals surface area contributed by atoms with Crippen LogP contribution in [0.2, 0.25) is 0 Å². The number of hydrogen-bond acceptors (Lipinski definition) is 7. The molecule has 2 aliphatic rings. The van der Waals surface area contributed by atoms with Crippen molar-refractivity contribution < 1.29 is 34.8 Å². The second-order valence-corrected chi connectivity index (χ2v) is 14.7. The van der Waals surface area contributed by atoms with Gasteiger partial charge >= 0.3 is 17.9 Å². The summed E-state index contributed by atoms with van der Waals surface area (Å²) in [5, 5.41) is 40.8. The molecule has 10 rings (SSSR count). The second kappa shape index (κ2) is 14.7. The Morgan fingerprint density at radius 1 is 0.435 bits per heavy atom. The van der Waals surface area contributed by atoms with Crippen LogP contribution in [0.25, 0.3) is 102 Å². The maximum Gasteiger partial charge on any atom is 0.335 e. The van der Waals surface area contributed by atoms with Gasteiger partial charge in [-0.25, -0.2) is 24.4 Å². The van der Waals surface area contributed by atoms with Crippen LogP contribution in [-0.2, 0) is 0 Å². The molecule has 0 amide bonds. The van der Waals surface area contributed by atoms with E-state index in [9.17, 15) is 34.8 Å². The summed E-state index contributed by atoms with van der Waals surface area (Å²) in [5.74, 6) is -3.14. The Labute approximate surface area is 351 Å². The molecule has 0 atom stereocenters. The third kappa shape index (κ3) is 6.44. The number of hydrogen-bond donors (Lipinski definition) is 6. The number of carboxylic acids is 3. The highest BCUT2D eigenvalue weighted by Gasteiger charge is 2.21. The number of pyridine rings is 1. The van der Waals surface area contributed by atoms with E-state index in [1.807, 2.05) is 60.7 Å². The number of aromatic amines is 2. The number of H-pyrrole nitrogens is 2. The zero-order chi connectivity index (χ0) is 42.6. The number of aromatic hydroxyl groups is 1. The second-order valence-electron chi connectivity index (χ2n) is 14.7. The lowest BCUT2D eigenvalue weighted by Crippen LogP contribution is -1.96. The summed E-state index contributed by atoms with van der Waals surface area (Å²) in [6, 6.07) is 34.5. The smallest absolute Gasteiger partial charge is 0.335 e. The van der Waals surface area contributed by atoms with Crippen molar-refractivity contribution >= 4 is 75.2 Å². The molecule has 12 nitrogen and oxygen atoms in total. The van der Waals surface area contributed by atoms with Crippen LogP contribution in [-0.4, -0.2) is 63.3 Å². The highest BCUT2D eigenvalue weighted by molar-refractivity contribution is 6.06. The number of phenolic OH excluding ortho intramolecular Hbond substituents is 1. The molecule has 8 bridgehead atoms. The number of aromatic nitrogens is 5. The van der Waals surface area contributed by atoms with Gasteiger partial charge in [0, 0.05) is 55.9 Å². The molecule has 0 saturated heterocycles. The number of rotatable bonds is 7. The van der Waals surface area contributed by atoms with Gasteiger partial charge in [0.2, 0.25) is 0 Å². The van der Waals surface area contributed by atoms with Gasteiger partial charge in [-0.05, 0) is 125 Å². The lowest BCUT2D eigenvalue weighted by Gasteiger charge is -2.10. The van der Waals surface area contributed by atoms with Crippen molar-refractivity contribution in [1.82, 2.24) is 24.9 Å². The SMILES string of the molecule is O=C(O)c1ccc(-c2c3nc(c(-c4ccc(C(=O)O)cc4)c4ccc([nH]4)c(-c4ccc(O)c5ncccc45)c4nc(c(-c5ccc(C(=O)O)cc5)c5ccc2[nH]5)C=C4)C=C3)cc1. The van der Waals surface area contributed by atoms with Gasteiger partial charge < -0.3 is 30.4 Å². The Kier molecular flexibility index (Phi) is 8.88. The molecule has 0 unspecified atom stereocenters. The summed E-state index contributed by atoms with van der Waals surface area (Å²) in [7, 11) is 0. The molecule has 12 heteroatoms. The van der Waals surface area contributed by atoms with E-state index in [0.29, 0.717) is 94.7 Å². The van der Waals surface area contributed by atoms with Crippen LogP contribution in [0.1, 0.15) is 53.8 Å². The van der Waals surface area contributed by atoms with E-state index in [-0.39, 0.29) is 22.4 Å². The van der Waals surface area contributed by atoms with Crippen LogP contribution < -0.4 is 0 Å². The molecule has 0 aliphatic carbocycles.